The Labute approximate surface area is 59.7 Å². The molecule has 1 unspecified atom stereocenters. The molecule has 0 aliphatic carbocycles. The van der Waals surface area contributed by atoms with E-state index in [4.69, 9.17) is 0 Å². The molecule has 0 heteroatoms. The van der Waals surface area contributed by atoms with Crippen LogP contribution >= 0.6 is 0 Å². The Hall–Kier alpha value is 0. The average molecular weight is 126 g/mol. The smallest absolute Gasteiger partial charge is 0.0381 e. The molecule has 0 spiro atoms. The molecule has 0 aromatic rings. The van der Waals surface area contributed by atoms with Gasteiger partial charge in [-0.2, -0.15) is 0 Å². The quantitative estimate of drug-likeness (QED) is 0.543. The summed E-state index contributed by atoms with van der Waals surface area (Å²) in [5.74, 6) is 1.40. The van der Waals surface area contributed by atoms with Gasteiger partial charge in [-0.15, -0.1) is 0 Å². The van der Waals surface area contributed by atoms with E-state index in [0.717, 1.165) is 12.3 Å². The van der Waals surface area contributed by atoms with E-state index >= 15 is 0 Å². The maximum Gasteiger partial charge on any atom is -0.0381 e. The van der Waals surface area contributed by atoms with Crippen molar-refractivity contribution in [2.24, 2.45) is 11.8 Å². The summed E-state index contributed by atoms with van der Waals surface area (Å²) < 4.78 is 0. The molecular formula is C9H18. The van der Waals surface area contributed by atoms with Crippen LogP contribution in [-0.4, -0.2) is 0 Å². The van der Waals surface area contributed by atoms with Crippen LogP contribution in [0.1, 0.15) is 33.6 Å². The van der Waals surface area contributed by atoms with Crippen LogP contribution in [0.25, 0.3) is 0 Å². The van der Waals surface area contributed by atoms with Gasteiger partial charge in [0.05, 0.1) is 0 Å². The van der Waals surface area contributed by atoms with E-state index in [0.29, 0.717) is 5.92 Å². The average Bonchev–Trinajstić information content (AvgIpc) is 1.63. The lowest BCUT2D eigenvalue weighted by atomic mass is 10.0. The fourth-order valence-electron chi connectivity index (χ4n) is 0.714. The first-order valence-electron chi connectivity index (χ1n) is 3.77. The van der Waals surface area contributed by atoms with E-state index in [1.165, 1.54) is 6.42 Å². The number of rotatable bonds is 4. The second-order valence-electron chi connectivity index (χ2n) is 3.26. The van der Waals surface area contributed by atoms with E-state index in [2.05, 4.69) is 34.1 Å². The highest BCUT2D eigenvalue weighted by molar-refractivity contribution is 4.70. The third-order valence-electron chi connectivity index (χ3n) is 1.21. The molecule has 0 saturated heterocycles. The molecule has 0 fully saturated rings. The first-order chi connectivity index (χ1) is 4.13. The van der Waals surface area contributed by atoms with Crippen LogP contribution in [0.4, 0.5) is 0 Å². The van der Waals surface area contributed by atoms with Crippen LogP contribution < -0.4 is 0 Å². The van der Waals surface area contributed by atoms with E-state index in [1.54, 1.807) is 0 Å². The Morgan fingerprint density at radius 2 is 1.78 bits per heavy atom. The Morgan fingerprint density at radius 1 is 1.22 bits per heavy atom. The van der Waals surface area contributed by atoms with Crippen LogP contribution in [0, 0.1) is 25.2 Å². The van der Waals surface area contributed by atoms with Gasteiger partial charge >= 0.3 is 0 Å². The fraction of sp³-hybridized carbons (Fsp3) is 0.778. The summed E-state index contributed by atoms with van der Waals surface area (Å²) in [7, 11) is 0. The minimum absolute atomic E-state index is 0.587. The summed E-state index contributed by atoms with van der Waals surface area (Å²) in [6, 6.07) is 0. The Bertz CT molecular complexity index is 45.1. The number of hydrogen-bond donors (Lipinski definition) is 0. The minimum Gasteiger partial charge on any atom is -0.0628 e. The summed E-state index contributed by atoms with van der Waals surface area (Å²) in [5.41, 5.74) is 0. The lowest BCUT2D eigenvalue weighted by Crippen LogP contribution is -1.92. The van der Waals surface area contributed by atoms with Crippen molar-refractivity contribution in [1.82, 2.24) is 0 Å². The van der Waals surface area contributed by atoms with Crippen molar-refractivity contribution < 1.29 is 0 Å². The van der Waals surface area contributed by atoms with Crippen LogP contribution in [0.15, 0.2) is 0 Å². The normalized spacial score (nSPS) is 11.3. The third-order valence-corrected chi connectivity index (χ3v) is 1.21. The van der Waals surface area contributed by atoms with Crippen molar-refractivity contribution in [3.63, 3.8) is 0 Å². The van der Waals surface area contributed by atoms with Gasteiger partial charge in [0.2, 0.25) is 0 Å². The van der Waals surface area contributed by atoms with E-state index < -0.39 is 0 Å². The van der Waals surface area contributed by atoms with Crippen molar-refractivity contribution >= 4 is 0 Å². The largest absolute Gasteiger partial charge is 0.0628 e. The standard InChI is InChI=1S/C9H18/c1-8(2)6-5-7-9(3)4/h5,8-9H,1,6-7H2,2-4H3. The van der Waals surface area contributed by atoms with Crippen LogP contribution in [0.3, 0.4) is 0 Å². The third kappa shape index (κ3) is 8.00. The maximum atomic E-state index is 3.90. The highest BCUT2D eigenvalue weighted by Crippen LogP contribution is 2.09. The summed E-state index contributed by atoms with van der Waals surface area (Å²) in [6.45, 7) is 10.5. The molecule has 0 aromatic heterocycles. The summed E-state index contributed by atoms with van der Waals surface area (Å²) in [4.78, 5) is 0. The molecule has 0 bridgehead atoms. The van der Waals surface area contributed by atoms with Crippen LogP contribution in [-0.2, 0) is 0 Å². The van der Waals surface area contributed by atoms with Gasteiger partial charge in [-0.3, -0.25) is 0 Å². The van der Waals surface area contributed by atoms with Crippen molar-refractivity contribution in [2.45, 2.75) is 33.6 Å². The van der Waals surface area contributed by atoms with E-state index in [1.807, 2.05) is 0 Å². The molecule has 0 N–H and O–H groups in total. The molecule has 0 aliphatic rings. The Balaban J connectivity index is 2.91. The lowest BCUT2D eigenvalue weighted by molar-refractivity contribution is 0.588. The number of hydrogen-bond acceptors (Lipinski definition) is 0. The van der Waals surface area contributed by atoms with Gasteiger partial charge in [-0.25, -0.2) is 0 Å². The molecule has 0 heterocycles. The Kier molecular flexibility index (Phi) is 4.84. The zero-order chi connectivity index (χ0) is 7.28. The van der Waals surface area contributed by atoms with Gasteiger partial charge in [0.1, 0.15) is 0 Å². The highest BCUT2D eigenvalue weighted by atomic mass is 14.0. The molecule has 1 atom stereocenters. The van der Waals surface area contributed by atoms with Crippen molar-refractivity contribution in [1.29, 1.82) is 0 Å². The molecular weight excluding hydrogens is 108 g/mol. The molecule has 0 rings (SSSR count). The first kappa shape index (κ1) is 9.00. The molecule has 2 radical (unpaired) electrons. The van der Waals surface area contributed by atoms with E-state index in [9.17, 15) is 0 Å². The highest BCUT2D eigenvalue weighted by Gasteiger charge is 1.96. The first-order valence-corrected chi connectivity index (χ1v) is 3.77. The lowest BCUT2D eigenvalue weighted by Gasteiger charge is -2.05. The fourth-order valence-corrected chi connectivity index (χ4v) is 0.714. The van der Waals surface area contributed by atoms with Crippen molar-refractivity contribution in [3.05, 3.63) is 13.3 Å². The zero-order valence-corrected chi connectivity index (χ0v) is 6.85. The summed E-state index contributed by atoms with van der Waals surface area (Å²) in [5, 5.41) is 0. The van der Waals surface area contributed by atoms with Gasteiger partial charge in [-0.05, 0) is 31.1 Å². The molecule has 0 saturated carbocycles. The second-order valence-corrected chi connectivity index (χ2v) is 3.26. The molecule has 0 amide bonds. The monoisotopic (exact) mass is 126 g/mol. The van der Waals surface area contributed by atoms with Gasteiger partial charge < -0.3 is 0 Å². The SMILES string of the molecule is [CH2]C(C)C[CH]CC(C)C. The Morgan fingerprint density at radius 3 is 2.11 bits per heavy atom. The van der Waals surface area contributed by atoms with Gasteiger partial charge in [0.25, 0.3) is 0 Å². The summed E-state index contributed by atoms with van der Waals surface area (Å²) >= 11 is 0. The predicted octanol–water partition coefficient (Wildman–Crippen LogP) is 3.10. The van der Waals surface area contributed by atoms with Gasteiger partial charge in [0, 0.05) is 0 Å². The molecule has 0 nitrogen and oxygen atoms in total. The van der Waals surface area contributed by atoms with Crippen LogP contribution in [0.2, 0.25) is 0 Å². The van der Waals surface area contributed by atoms with Crippen molar-refractivity contribution in [3.8, 4) is 0 Å². The molecule has 0 aliphatic heterocycles. The second kappa shape index (κ2) is 4.84. The molecule has 9 heavy (non-hydrogen) atoms. The molecule has 0 aromatic carbocycles. The minimum atomic E-state index is 0.587. The van der Waals surface area contributed by atoms with E-state index in [-0.39, 0.29) is 0 Å². The zero-order valence-electron chi connectivity index (χ0n) is 6.85. The van der Waals surface area contributed by atoms with Crippen molar-refractivity contribution in [2.75, 3.05) is 0 Å². The summed E-state index contributed by atoms with van der Waals surface area (Å²) in [6.07, 6.45) is 4.74. The topological polar surface area (TPSA) is 0 Å². The maximum absolute atomic E-state index is 3.90. The predicted molar refractivity (Wildman–Crippen MR) is 42.9 cm³/mol. The van der Waals surface area contributed by atoms with Crippen LogP contribution in [0.5, 0.6) is 0 Å². The van der Waals surface area contributed by atoms with Gasteiger partial charge in [0.15, 0.2) is 0 Å². The molecule has 54 valence electrons. The van der Waals surface area contributed by atoms with Gasteiger partial charge in [-0.1, -0.05) is 27.7 Å².